The van der Waals surface area contributed by atoms with Crippen molar-refractivity contribution in [2.45, 2.75) is 38.8 Å². The maximum Gasteiger partial charge on any atom is 0.303 e. The molecule has 2 amide bonds. The fourth-order valence-corrected chi connectivity index (χ4v) is 5.67. The number of halogens is 1. The molecule has 0 aliphatic heterocycles. The highest BCUT2D eigenvalue weighted by Crippen LogP contribution is 2.39. The summed E-state index contributed by atoms with van der Waals surface area (Å²) in [5, 5.41) is 9.06. The number of carbonyl (C=O) groups is 2. The zero-order chi connectivity index (χ0) is 32.7. The van der Waals surface area contributed by atoms with E-state index in [9.17, 15) is 22.4 Å². The summed E-state index contributed by atoms with van der Waals surface area (Å²) in [5.74, 6) is 0.0164. The van der Waals surface area contributed by atoms with Crippen LogP contribution in [0.15, 0.2) is 78.9 Å². The van der Waals surface area contributed by atoms with Crippen molar-refractivity contribution in [1.82, 2.24) is 14.9 Å². The van der Waals surface area contributed by atoms with Crippen LogP contribution in [-0.4, -0.2) is 64.3 Å². The van der Waals surface area contributed by atoms with Crippen molar-refractivity contribution in [2.24, 2.45) is 11.8 Å². The first-order valence-corrected chi connectivity index (χ1v) is 16.4. The van der Waals surface area contributed by atoms with E-state index >= 15 is 0 Å². The highest BCUT2D eigenvalue weighted by Gasteiger charge is 2.29. The molecule has 0 spiro atoms. The number of nitrogens with one attached hydrogen (secondary N) is 3. The van der Waals surface area contributed by atoms with Crippen LogP contribution in [0.3, 0.4) is 0 Å². The molecule has 0 aromatic heterocycles. The molecule has 1 aliphatic carbocycles. The number of anilines is 2. The summed E-state index contributed by atoms with van der Waals surface area (Å²) in [7, 11) is 0.591. The van der Waals surface area contributed by atoms with Gasteiger partial charge in [-0.15, -0.1) is 0 Å². The predicted molar refractivity (Wildman–Crippen MR) is 178 cm³/mol. The molecular weight excluding hydrogens is 593 g/mol. The minimum Gasteiger partial charge on any atom is -0.348 e. The average Bonchev–Trinajstić information content (AvgIpc) is 3.74. The van der Waals surface area contributed by atoms with Crippen LogP contribution < -0.4 is 20.3 Å². The van der Waals surface area contributed by atoms with Gasteiger partial charge in [-0.2, -0.15) is 12.7 Å². The second kappa shape index (κ2) is 14.8. The molecule has 1 saturated carbocycles. The summed E-state index contributed by atoms with van der Waals surface area (Å²) >= 11 is 0. The topological polar surface area (TPSA) is 111 Å². The zero-order valence-electron chi connectivity index (χ0n) is 26.3. The molecule has 0 saturated heterocycles. The van der Waals surface area contributed by atoms with E-state index in [1.807, 2.05) is 36.4 Å². The molecule has 4 atom stereocenters. The smallest absolute Gasteiger partial charge is 0.303 e. The maximum atomic E-state index is 13.8. The summed E-state index contributed by atoms with van der Waals surface area (Å²) in [6, 6.07) is 19.3. The van der Waals surface area contributed by atoms with Crippen LogP contribution >= 0.6 is 0 Å². The normalized spacial score (nSPS) is 17.6. The number of rotatable bonds is 14. The Morgan fingerprint density at radius 2 is 1.69 bits per heavy atom. The minimum absolute atomic E-state index is 0.277. The van der Waals surface area contributed by atoms with Gasteiger partial charge in [0.25, 0.3) is 5.91 Å². The first kappa shape index (κ1) is 33.8. The number of benzene rings is 3. The van der Waals surface area contributed by atoms with Gasteiger partial charge < -0.3 is 16.0 Å². The molecule has 0 bridgehead atoms. The maximum absolute atomic E-state index is 13.8. The predicted octanol–water partition coefficient (Wildman–Crippen LogP) is 4.70. The molecule has 1 fully saturated rings. The largest absolute Gasteiger partial charge is 0.348 e. The second-order valence-electron chi connectivity index (χ2n) is 11.8. The van der Waals surface area contributed by atoms with Crippen molar-refractivity contribution in [3.63, 3.8) is 0 Å². The van der Waals surface area contributed by atoms with Crippen LogP contribution in [-0.2, 0) is 21.4 Å². The minimum atomic E-state index is -3.79. The van der Waals surface area contributed by atoms with E-state index in [1.54, 1.807) is 25.1 Å². The number of amides is 2. The van der Waals surface area contributed by atoms with E-state index in [4.69, 9.17) is 0 Å². The molecule has 45 heavy (non-hydrogen) atoms. The molecular formula is C34H42FN5O4S. The zero-order valence-corrected chi connectivity index (χ0v) is 27.1. The molecule has 0 unspecified atom stereocenters. The molecule has 3 N–H and O–H groups in total. The summed E-state index contributed by atoms with van der Waals surface area (Å²) in [6.07, 6.45) is 5.64. The Bertz CT molecular complexity index is 1610. The van der Waals surface area contributed by atoms with Gasteiger partial charge in [0.2, 0.25) is 5.91 Å². The number of allylic oxidation sites excluding steroid dienone is 1. The van der Waals surface area contributed by atoms with Gasteiger partial charge in [0.05, 0.1) is 11.7 Å². The van der Waals surface area contributed by atoms with Gasteiger partial charge in [-0.05, 0) is 85.2 Å². The van der Waals surface area contributed by atoms with E-state index in [1.165, 1.54) is 45.4 Å². The second-order valence-corrected chi connectivity index (χ2v) is 14.0. The van der Waals surface area contributed by atoms with Crippen LogP contribution in [0.25, 0.3) is 6.08 Å². The van der Waals surface area contributed by atoms with E-state index in [-0.39, 0.29) is 18.4 Å². The van der Waals surface area contributed by atoms with Gasteiger partial charge in [-0.3, -0.25) is 13.9 Å². The Hall–Kier alpha value is -4.06. The SMILES string of the molecule is C[C@H](NC[C@H](Cc1ccccc1)NC(=O)c1cc(/C=C\[C@H]2C[C@@H]2C)cc(N(C)S(=O)(=O)N(C)C)c1)C(=O)Nc1ccc(F)cc1. The third-order valence-electron chi connectivity index (χ3n) is 7.92. The van der Waals surface area contributed by atoms with E-state index in [0.29, 0.717) is 35.2 Å². The Kier molecular flexibility index (Phi) is 11.1. The Balaban J connectivity index is 1.54. The first-order valence-electron chi connectivity index (χ1n) is 15.0. The molecule has 3 aromatic rings. The number of nitrogens with zero attached hydrogens (tertiary/aromatic N) is 2. The van der Waals surface area contributed by atoms with Gasteiger partial charge in [0, 0.05) is 45.0 Å². The van der Waals surface area contributed by atoms with Crippen LogP contribution in [0.1, 0.15) is 41.8 Å². The van der Waals surface area contributed by atoms with Gasteiger partial charge >= 0.3 is 10.2 Å². The number of hydrogen-bond acceptors (Lipinski definition) is 5. The van der Waals surface area contributed by atoms with Gasteiger partial charge in [-0.25, -0.2) is 4.39 Å². The van der Waals surface area contributed by atoms with Crippen molar-refractivity contribution in [3.05, 3.63) is 101 Å². The lowest BCUT2D eigenvalue weighted by molar-refractivity contribution is -0.117. The van der Waals surface area contributed by atoms with E-state index in [2.05, 4.69) is 29.0 Å². The summed E-state index contributed by atoms with van der Waals surface area (Å²) in [5.41, 5.74) is 2.88. The molecule has 1 aliphatic rings. The number of carbonyl (C=O) groups excluding carboxylic acids is 2. The Labute approximate surface area is 265 Å². The fourth-order valence-electron chi connectivity index (χ4n) is 4.81. The molecule has 3 aromatic carbocycles. The lowest BCUT2D eigenvalue weighted by atomic mass is 10.0. The Morgan fingerprint density at radius 1 is 1.02 bits per heavy atom. The van der Waals surface area contributed by atoms with Crippen LogP contribution in [0.5, 0.6) is 0 Å². The van der Waals surface area contributed by atoms with E-state index in [0.717, 1.165) is 26.2 Å². The number of hydrogen-bond donors (Lipinski definition) is 3. The average molecular weight is 636 g/mol. The molecule has 11 heteroatoms. The highest BCUT2D eigenvalue weighted by molar-refractivity contribution is 7.90. The standard InChI is InChI=1S/C34H42FN5O4S/c1-23-17-27(23)12-11-26-18-28(21-32(20-26)40(5)45(43,44)39(3)4)34(42)38-31(19-25-9-7-6-8-10-25)22-36-24(2)33(41)37-30-15-13-29(35)14-16-30/h6-16,18,20-21,23-24,27,31,36H,17,19,22H2,1-5H3,(H,37,41)(H,38,42)/b12-11-/t23-,24-,27-,31-/m0/s1. The van der Waals surface area contributed by atoms with Crippen LogP contribution in [0.2, 0.25) is 0 Å². The van der Waals surface area contributed by atoms with Crippen molar-refractivity contribution >= 4 is 39.5 Å². The monoisotopic (exact) mass is 635 g/mol. The van der Waals surface area contributed by atoms with Crippen molar-refractivity contribution < 1.29 is 22.4 Å². The van der Waals surface area contributed by atoms with E-state index < -0.39 is 28.1 Å². The third kappa shape index (κ3) is 9.46. The van der Waals surface area contributed by atoms with Crippen molar-refractivity contribution in [2.75, 3.05) is 37.3 Å². The van der Waals surface area contributed by atoms with Crippen LogP contribution in [0.4, 0.5) is 15.8 Å². The van der Waals surface area contributed by atoms with Crippen molar-refractivity contribution in [1.29, 1.82) is 0 Å². The lowest BCUT2D eigenvalue weighted by Gasteiger charge is -2.25. The molecule has 0 heterocycles. The molecule has 240 valence electrons. The lowest BCUT2D eigenvalue weighted by Crippen LogP contribution is -2.48. The van der Waals surface area contributed by atoms with Gasteiger partial charge in [0.15, 0.2) is 0 Å². The third-order valence-corrected chi connectivity index (χ3v) is 9.74. The van der Waals surface area contributed by atoms with Crippen molar-refractivity contribution in [3.8, 4) is 0 Å². The quantitative estimate of drug-likeness (QED) is 0.238. The summed E-state index contributed by atoms with van der Waals surface area (Å²) in [4.78, 5) is 26.5. The summed E-state index contributed by atoms with van der Waals surface area (Å²) < 4.78 is 41.4. The highest BCUT2D eigenvalue weighted by atomic mass is 32.2. The van der Waals surface area contributed by atoms with Gasteiger partial charge in [0.1, 0.15) is 5.82 Å². The molecule has 9 nitrogen and oxygen atoms in total. The van der Waals surface area contributed by atoms with Crippen LogP contribution in [0, 0.1) is 17.7 Å². The molecule has 4 rings (SSSR count). The first-order chi connectivity index (χ1) is 21.3. The summed E-state index contributed by atoms with van der Waals surface area (Å²) in [6.45, 7) is 4.17. The Morgan fingerprint density at radius 3 is 2.31 bits per heavy atom. The molecule has 0 radical (unpaired) electrons. The van der Waals surface area contributed by atoms with Gasteiger partial charge in [-0.1, -0.05) is 49.4 Å². The fraction of sp³-hybridized carbons (Fsp3) is 0.353.